The summed E-state index contributed by atoms with van der Waals surface area (Å²) in [5.74, 6) is 2.12. The molecule has 5 nitrogen and oxygen atoms in total. The number of ketones is 1. The average Bonchev–Trinajstić information content (AvgIpc) is 3.82. The summed E-state index contributed by atoms with van der Waals surface area (Å²) in [6.45, 7) is 2.28. The van der Waals surface area contributed by atoms with Gasteiger partial charge in [0.15, 0.2) is 5.78 Å². The molecule has 1 heterocycles. The van der Waals surface area contributed by atoms with Crippen LogP contribution in [0.5, 0.6) is 5.75 Å². The summed E-state index contributed by atoms with van der Waals surface area (Å²) in [6, 6.07) is 22.3. The van der Waals surface area contributed by atoms with E-state index in [-0.39, 0.29) is 17.7 Å². The van der Waals surface area contributed by atoms with E-state index in [0.717, 1.165) is 64.8 Å². The second kappa shape index (κ2) is 11.9. The molecule has 4 aromatic rings. The van der Waals surface area contributed by atoms with Crippen molar-refractivity contribution in [2.45, 2.75) is 64.3 Å². The molecule has 1 amide bonds. The van der Waals surface area contributed by atoms with Crippen molar-refractivity contribution in [3.8, 4) is 16.9 Å². The summed E-state index contributed by atoms with van der Waals surface area (Å²) in [5.41, 5.74) is 6.20. The second-order valence-corrected chi connectivity index (χ2v) is 12.0. The third-order valence-electron chi connectivity index (χ3n) is 8.81. The van der Waals surface area contributed by atoms with Gasteiger partial charge in [-0.15, -0.1) is 0 Å². The van der Waals surface area contributed by atoms with Crippen LogP contribution in [-0.2, 0) is 6.42 Å². The number of aromatic nitrogens is 1. The molecule has 0 atom stereocenters. The topological polar surface area (TPSA) is 68.3 Å². The number of methoxy groups -OCH3 is 1. The van der Waals surface area contributed by atoms with Crippen LogP contribution in [-0.4, -0.2) is 29.8 Å². The normalized spacial score (nSPS) is 18.7. The van der Waals surface area contributed by atoms with Crippen molar-refractivity contribution in [2.75, 3.05) is 7.11 Å². The Bertz CT molecular complexity index is 1550. The lowest BCUT2D eigenvalue weighted by Gasteiger charge is -2.26. The highest BCUT2D eigenvalue weighted by Crippen LogP contribution is 2.38. The molecule has 1 aromatic heterocycles. The van der Waals surface area contributed by atoms with E-state index in [9.17, 15) is 9.59 Å². The lowest BCUT2D eigenvalue weighted by Crippen LogP contribution is -2.37. The van der Waals surface area contributed by atoms with Gasteiger partial charge in [0.1, 0.15) is 5.75 Å². The fourth-order valence-electron chi connectivity index (χ4n) is 6.07. The number of carbonyl (C=O) groups is 2. The van der Waals surface area contributed by atoms with Gasteiger partial charge < -0.3 is 10.1 Å². The van der Waals surface area contributed by atoms with Gasteiger partial charge in [-0.2, -0.15) is 0 Å². The first-order chi connectivity index (χ1) is 20.0. The van der Waals surface area contributed by atoms with Crippen LogP contribution in [0.2, 0.25) is 0 Å². The largest absolute Gasteiger partial charge is 0.496 e. The minimum Gasteiger partial charge on any atom is -0.496 e. The summed E-state index contributed by atoms with van der Waals surface area (Å²) in [6.07, 6.45) is 9.68. The van der Waals surface area contributed by atoms with Crippen LogP contribution in [0.1, 0.15) is 83.7 Å². The number of nitrogens with zero attached hydrogens (tertiary/aromatic N) is 1. The molecular weight excluding hydrogens is 508 g/mol. The van der Waals surface area contributed by atoms with Gasteiger partial charge in [-0.3, -0.25) is 14.6 Å². The summed E-state index contributed by atoms with van der Waals surface area (Å²) < 4.78 is 5.81. The van der Waals surface area contributed by atoms with Crippen molar-refractivity contribution in [3.63, 3.8) is 0 Å². The Morgan fingerprint density at radius 2 is 1.66 bits per heavy atom. The second-order valence-electron chi connectivity index (χ2n) is 12.0. The fraction of sp³-hybridized carbons (Fsp3) is 0.361. The molecule has 0 unspecified atom stereocenters. The number of rotatable bonds is 9. The van der Waals surface area contributed by atoms with Gasteiger partial charge in [0, 0.05) is 46.8 Å². The highest BCUT2D eigenvalue weighted by molar-refractivity contribution is 6.03. The SMILES string of the molecule is COc1cc2ncc(C(=O)CC3CC3)c(Cc3ccccc3)c2cc1-c1ccc(C(=O)NC2CCC(C)CC2)cc1. The highest BCUT2D eigenvalue weighted by Gasteiger charge is 2.27. The molecule has 2 saturated carbocycles. The van der Waals surface area contributed by atoms with Crippen LogP contribution < -0.4 is 10.1 Å². The Morgan fingerprint density at radius 1 is 0.927 bits per heavy atom. The standard InChI is InChI=1S/C36H38N2O3/c1-23-8-16-28(17-9-23)38-36(40)27-14-12-26(13-15-27)29-20-31-30(18-24-6-4-3-5-7-24)32(34(39)19-25-10-11-25)22-37-33(31)21-35(29)41-2/h3-7,12-15,20-23,25,28H,8-11,16-19H2,1-2H3,(H,38,40). The zero-order valence-electron chi connectivity index (χ0n) is 24.0. The number of Topliss-reactive ketones (excluding diaryl/α,β-unsaturated/α-hetero) is 1. The van der Waals surface area contributed by atoms with Crippen LogP contribution >= 0.6 is 0 Å². The average molecular weight is 547 g/mol. The predicted octanol–water partition coefficient (Wildman–Crippen LogP) is 7.79. The number of ether oxygens (including phenoxy) is 1. The third kappa shape index (κ3) is 6.19. The number of hydrogen-bond acceptors (Lipinski definition) is 4. The lowest BCUT2D eigenvalue weighted by molar-refractivity contribution is 0.0921. The molecule has 0 spiro atoms. The summed E-state index contributed by atoms with van der Waals surface area (Å²) in [7, 11) is 1.66. The smallest absolute Gasteiger partial charge is 0.251 e. The molecular formula is C36H38N2O3. The quantitative estimate of drug-likeness (QED) is 0.218. The van der Waals surface area contributed by atoms with E-state index in [0.29, 0.717) is 35.6 Å². The highest BCUT2D eigenvalue weighted by atomic mass is 16.5. The molecule has 2 aliphatic rings. The van der Waals surface area contributed by atoms with E-state index in [2.05, 4.69) is 30.4 Å². The molecule has 1 N–H and O–H groups in total. The summed E-state index contributed by atoms with van der Waals surface area (Å²) in [5, 5.41) is 4.18. The Hall–Kier alpha value is -3.99. The van der Waals surface area contributed by atoms with Crippen LogP contribution in [0.4, 0.5) is 0 Å². The van der Waals surface area contributed by atoms with Gasteiger partial charge in [-0.25, -0.2) is 0 Å². The molecule has 5 heteroatoms. The van der Waals surface area contributed by atoms with Crippen molar-refractivity contribution in [1.82, 2.24) is 10.3 Å². The van der Waals surface area contributed by atoms with E-state index >= 15 is 0 Å². The first kappa shape index (κ1) is 27.2. The van der Waals surface area contributed by atoms with Crippen LogP contribution in [0.3, 0.4) is 0 Å². The van der Waals surface area contributed by atoms with Gasteiger partial charge in [-0.1, -0.05) is 49.4 Å². The fourth-order valence-corrected chi connectivity index (χ4v) is 6.07. The van der Waals surface area contributed by atoms with E-state index < -0.39 is 0 Å². The van der Waals surface area contributed by atoms with Gasteiger partial charge in [-0.05, 0) is 91.7 Å². The van der Waals surface area contributed by atoms with Crippen molar-refractivity contribution in [3.05, 3.63) is 95.2 Å². The maximum Gasteiger partial charge on any atom is 0.251 e. The van der Waals surface area contributed by atoms with Crippen molar-refractivity contribution < 1.29 is 14.3 Å². The molecule has 3 aromatic carbocycles. The molecule has 0 radical (unpaired) electrons. The van der Waals surface area contributed by atoms with Crippen molar-refractivity contribution >= 4 is 22.6 Å². The maximum atomic E-state index is 13.4. The zero-order valence-corrected chi connectivity index (χ0v) is 24.0. The molecule has 2 fully saturated rings. The number of carbonyl (C=O) groups excluding carboxylic acids is 2. The zero-order chi connectivity index (χ0) is 28.3. The molecule has 41 heavy (non-hydrogen) atoms. The summed E-state index contributed by atoms with van der Waals surface area (Å²) in [4.78, 5) is 31.1. The van der Waals surface area contributed by atoms with E-state index in [1.54, 1.807) is 13.3 Å². The first-order valence-electron chi connectivity index (χ1n) is 15.0. The van der Waals surface area contributed by atoms with Crippen molar-refractivity contribution in [1.29, 1.82) is 0 Å². The van der Waals surface area contributed by atoms with Gasteiger partial charge >= 0.3 is 0 Å². The number of pyridine rings is 1. The first-order valence-corrected chi connectivity index (χ1v) is 15.0. The molecule has 2 aliphatic carbocycles. The van der Waals surface area contributed by atoms with Gasteiger partial charge in [0.05, 0.1) is 12.6 Å². The van der Waals surface area contributed by atoms with Crippen molar-refractivity contribution in [2.24, 2.45) is 11.8 Å². The maximum absolute atomic E-state index is 13.4. The van der Waals surface area contributed by atoms with Crippen LogP contribution in [0, 0.1) is 11.8 Å². The van der Waals surface area contributed by atoms with Gasteiger partial charge in [0.2, 0.25) is 0 Å². The minimum atomic E-state index is -0.0188. The third-order valence-corrected chi connectivity index (χ3v) is 8.81. The van der Waals surface area contributed by atoms with Crippen LogP contribution in [0.25, 0.3) is 22.0 Å². The molecule has 0 bridgehead atoms. The molecule has 6 rings (SSSR count). The molecule has 210 valence electrons. The predicted molar refractivity (Wildman–Crippen MR) is 164 cm³/mol. The minimum absolute atomic E-state index is 0.0188. The number of benzene rings is 3. The number of nitrogens with one attached hydrogen (secondary N) is 1. The molecule has 0 saturated heterocycles. The Labute approximate surface area is 242 Å². The number of hydrogen-bond donors (Lipinski definition) is 1. The molecule has 0 aliphatic heterocycles. The Kier molecular flexibility index (Phi) is 7.86. The van der Waals surface area contributed by atoms with E-state index in [1.165, 1.54) is 12.8 Å². The number of fused-ring (bicyclic) bond motifs is 1. The number of amides is 1. The van der Waals surface area contributed by atoms with E-state index in [4.69, 9.17) is 9.72 Å². The lowest BCUT2D eigenvalue weighted by atomic mass is 9.87. The monoisotopic (exact) mass is 546 g/mol. The summed E-state index contributed by atoms with van der Waals surface area (Å²) >= 11 is 0. The Morgan fingerprint density at radius 3 is 2.34 bits per heavy atom. The van der Waals surface area contributed by atoms with Crippen LogP contribution in [0.15, 0.2) is 72.9 Å². The van der Waals surface area contributed by atoms with E-state index in [1.807, 2.05) is 48.5 Å². The van der Waals surface area contributed by atoms with Gasteiger partial charge in [0.25, 0.3) is 5.91 Å². The Balaban J connectivity index is 1.35.